The number of hydrogen-bond acceptors (Lipinski definition) is 8. The number of nitrogens with zero attached hydrogens (tertiary/aromatic N) is 5. The molecule has 0 aliphatic heterocycles. The first-order valence-corrected chi connectivity index (χ1v) is 10.5. The Kier molecular flexibility index (Phi) is 4.99. The van der Waals surface area contributed by atoms with Crippen molar-refractivity contribution in [3.63, 3.8) is 0 Å². The lowest BCUT2D eigenvalue weighted by atomic mass is 10.1. The van der Waals surface area contributed by atoms with Crippen LogP contribution in [-0.2, 0) is 16.4 Å². The van der Waals surface area contributed by atoms with Gasteiger partial charge in [0.25, 0.3) is 10.0 Å². The summed E-state index contributed by atoms with van der Waals surface area (Å²) in [6.07, 6.45) is 0.291. The van der Waals surface area contributed by atoms with E-state index in [-0.39, 0.29) is 16.8 Å². The van der Waals surface area contributed by atoms with E-state index < -0.39 is 10.0 Å². The average Bonchev–Trinajstić information content (AvgIpc) is 3.15. The van der Waals surface area contributed by atoms with Crippen LogP contribution in [0.25, 0.3) is 10.8 Å². The summed E-state index contributed by atoms with van der Waals surface area (Å²) in [4.78, 5) is 4.01. The van der Waals surface area contributed by atoms with Crippen molar-refractivity contribution in [2.24, 2.45) is 0 Å². The van der Waals surface area contributed by atoms with Gasteiger partial charge < -0.3 is 11.1 Å². The first-order chi connectivity index (χ1) is 14.9. The number of nitrogen functional groups attached to an aromatic ring is 1. The van der Waals surface area contributed by atoms with Crippen molar-refractivity contribution in [2.45, 2.75) is 11.3 Å². The molecule has 0 radical (unpaired) electrons. The monoisotopic (exact) mass is 429 g/mol. The molecule has 0 aliphatic rings. The minimum Gasteiger partial charge on any atom is -0.367 e. The zero-order valence-corrected chi connectivity index (χ0v) is 16.8. The highest BCUT2D eigenvalue weighted by Gasteiger charge is 2.25. The predicted octanol–water partition coefficient (Wildman–Crippen LogP) is 2.93. The first kappa shape index (κ1) is 19.9. The summed E-state index contributed by atoms with van der Waals surface area (Å²) in [5, 5.41) is 25.8. The summed E-state index contributed by atoms with van der Waals surface area (Å²) >= 11 is 0. The Morgan fingerprint density at radius 3 is 2.55 bits per heavy atom. The molecule has 0 spiro atoms. The molecule has 0 atom stereocenters. The van der Waals surface area contributed by atoms with Gasteiger partial charge in [0.15, 0.2) is 0 Å². The second kappa shape index (κ2) is 7.78. The summed E-state index contributed by atoms with van der Waals surface area (Å²) in [7, 11) is -4.14. The molecule has 3 aromatic carbocycles. The summed E-state index contributed by atoms with van der Waals surface area (Å²) in [5.74, 6) is -0.282. The van der Waals surface area contributed by atoms with Gasteiger partial charge in [0, 0.05) is 11.1 Å². The van der Waals surface area contributed by atoms with Crippen molar-refractivity contribution in [1.29, 1.82) is 10.5 Å². The SMILES string of the molecule is N#CCc1ccc(Nc2nc(N)n(S(=O)(=O)c3cccc4cc(C#N)ccc34)n2)cc1. The fourth-order valence-corrected chi connectivity index (χ4v) is 4.48. The molecule has 0 saturated carbocycles. The number of hydrogen-bond donors (Lipinski definition) is 2. The van der Waals surface area contributed by atoms with Crippen LogP contribution < -0.4 is 11.1 Å². The van der Waals surface area contributed by atoms with Gasteiger partial charge in [-0.25, -0.2) is 0 Å². The predicted molar refractivity (Wildman–Crippen MR) is 115 cm³/mol. The van der Waals surface area contributed by atoms with Crippen LogP contribution in [0.15, 0.2) is 65.6 Å². The van der Waals surface area contributed by atoms with Crippen molar-refractivity contribution in [3.8, 4) is 12.1 Å². The van der Waals surface area contributed by atoms with Gasteiger partial charge in [-0.1, -0.05) is 30.3 Å². The number of fused-ring (bicyclic) bond motifs is 1. The van der Waals surface area contributed by atoms with Crippen molar-refractivity contribution in [1.82, 2.24) is 14.2 Å². The van der Waals surface area contributed by atoms with E-state index in [9.17, 15) is 8.42 Å². The normalized spacial score (nSPS) is 11.0. The van der Waals surface area contributed by atoms with Gasteiger partial charge in [0.05, 0.1) is 29.0 Å². The van der Waals surface area contributed by atoms with Crippen molar-refractivity contribution in [2.75, 3.05) is 11.1 Å². The first-order valence-electron chi connectivity index (χ1n) is 9.06. The molecule has 3 N–H and O–H groups in total. The molecule has 0 amide bonds. The highest BCUT2D eigenvalue weighted by Crippen LogP contribution is 2.27. The number of rotatable bonds is 5. The van der Waals surface area contributed by atoms with Crippen LogP contribution >= 0.6 is 0 Å². The molecule has 0 bridgehead atoms. The minimum absolute atomic E-state index is 0.00139. The maximum Gasteiger partial charge on any atom is 0.286 e. The standard InChI is InChI=1S/C21H15N7O2S/c22-11-10-14-4-7-17(8-5-14)25-21-26-20(24)28(27-21)31(29,30)19-3-1-2-16-12-15(13-23)6-9-18(16)19/h1-9,12H,10H2,(H3,24,25,26,27). The van der Waals surface area contributed by atoms with E-state index in [1.54, 1.807) is 54.6 Å². The van der Waals surface area contributed by atoms with Crippen LogP contribution in [-0.4, -0.2) is 22.6 Å². The van der Waals surface area contributed by atoms with Gasteiger partial charge >= 0.3 is 0 Å². The Bertz CT molecular complexity index is 1480. The molecule has 1 heterocycles. The van der Waals surface area contributed by atoms with E-state index in [1.807, 2.05) is 6.07 Å². The number of nitrogens with two attached hydrogens (primary N) is 1. The molecule has 0 unspecified atom stereocenters. The van der Waals surface area contributed by atoms with Crippen molar-refractivity contribution < 1.29 is 8.42 Å². The second-order valence-corrected chi connectivity index (χ2v) is 8.34. The maximum absolute atomic E-state index is 13.3. The van der Waals surface area contributed by atoms with Crippen LogP contribution in [0.1, 0.15) is 11.1 Å². The number of benzene rings is 3. The zero-order valence-electron chi connectivity index (χ0n) is 16.0. The lowest BCUT2D eigenvalue weighted by molar-refractivity contribution is 0.582. The summed E-state index contributed by atoms with van der Waals surface area (Å²) in [6.45, 7) is 0. The third-order valence-electron chi connectivity index (χ3n) is 4.57. The Morgan fingerprint density at radius 1 is 1.06 bits per heavy atom. The van der Waals surface area contributed by atoms with Crippen LogP contribution in [0.3, 0.4) is 0 Å². The minimum atomic E-state index is -4.14. The van der Waals surface area contributed by atoms with Crippen molar-refractivity contribution in [3.05, 3.63) is 71.8 Å². The second-order valence-electron chi connectivity index (χ2n) is 6.60. The largest absolute Gasteiger partial charge is 0.367 e. The maximum atomic E-state index is 13.3. The van der Waals surface area contributed by atoms with Crippen LogP contribution in [0.2, 0.25) is 0 Å². The molecular formula is C21H15N7O2S. The quantitative estimate of drug-likeness (QED) is 0.491. The van der Waals surface area contributed by atoms with Gasteiger partial charge in [-0.3, -0.25) is 0 Å². The fraction of sp³-hybridized carbons (Fsp3) is 0.0476. The zero-order chi connectivity index (χ0) is 22.0. The van der Waals surface area contributed by atoms with Gasteiger partial charge in [0.1, 0.15) is 0 Å². The Hall–Kier alpha value is -4.41. The molecule has 0 saturated heterocycles. The third-order valence-corrected chi connectivity index (χ3v) is 6.21. The van der Waals surface area contributed by atoms with E-state index in [0.29, 0.717) is 32.5 Å². The molecule has 10 heteroatoms. The molecule has 31 heavy (non-hydrogen) atoms. The average molecular weight is 429 g/mol. The van der Waals surface area contributed by atoms with Crippen LogP contribution in [0.5, 0.6) is 0 Å². The molecule has 4 rings (SSSR count). The van der Waals surface area contributed by atoms with Crippen LogP contribution in [0.4, 0.5) is 17.6 Å². The van der Waals surface area contributed by atoms with Crippen molar-refractivity contribution >= 4 is 38.4 Å². The topological polar surface area (TPSA) is 150 Å². The van der Waals surface area contributed by atoms with E-state index in [1.165, 1.54) is 6.07 Å². The molecule has 9 nitrogen and oxygen atoms in total. The van der Waals surface area contributed by atoms with Gasteiger partial charge in [-0.05, 0) is 41.3 Å². The Labute approximate surface area is 178 Å². The molecule has 0 aliphatic carbocycles. The number of aromatic nitrogens is 3. The van der Waals surface area contributed by atoms with Gasteiger partial charge in [-0.15, -0.1) is 9.19 Å². The van der Waals surface area contributed by atoms with E-state index >= 15 is 0 Å². The Morgan fingerprint density at radius 2 is 1.84 bits per heavy atom. The lowest BCUT2D eigenvalue weighted by Gasteiger charge is -2.09. The van der Waals surface area contributed by atoms with E-state index in [0.717, 1.165) is 5.56 Å². The summed E-state index contributed by atoms with van der Waals surface area (Å²) in [5.41, 5.74) is 7.76. The smallest absolute Gasteiger partial charge is 0.286 e. The van der Waals surface area contributed by atoms with Gasteiger partial charge in [-0.2, -0.15) is 23.9 Å². The number of anilines is 3. The van der Waals surface area contributed by atoms with Crippen LogP contribution in [0, 0.1) is 22.7 Å². The molecule has 1 aromatic heterocycles. The summed E-state index contributed by atoms with van der Waals surface area (Å²) in [6, 6.07) is 20.6. The van der Waals surface area contributed by atoms with E-state index in [4.69, 9.17) is 16.3 Å². The molecule has 4 aromatic rings. The molecule has 0 fully saturated rings. The Balaban J connectivity index is 1.70. The molecular weight excluding hydrogens is 414 g/mol. The fourth-order valence-electron chi connectivity index (χ4n) is 3.11. The third kappa shape index (κ3) is 3.75. The summed E-state index contributed by atoms with van der Waals surface area (Å²) < 4.78 is 27.2. The lowest BCUT2D eigenvalue weighted by Crippen LogP contribution is -2.17. The van der Waals surface area contributed by atoms with Gasteiger partial charge in [0.2, 0.25) is 11.9 Å². The highest BCUT2D eigenvalue weighted by atomic mass is 32.2. The number of nitriles is 2. The molecule has 152 valence electrons. The van der Waals surface area contributed by atoms with E-state index in [2.05, 4.69) is 21.5 Å². The highest BCUT2D eigenvalue weighted by molar-refractivity contribution is 7.90. The number of nitrogens with one attached hydrogen (secondary N) is 1.